The van der Waals surface area contributed by atoms with Gasteiger partial charge in [-0.3, -0.25) is 10.2 Å². The Hall–Kier alpha value is -1.95. The van der Waals surface area contributed by atoms with Crippen molar-refractivity contribution >= 4 is 18.3 Å². The fourth-order valence-electron chi connectivity index (χ4n) is 1.74. The number of nitrogens with two attached hydrogens (primary N) is 1. The van der Waals surface area contributed by atoms with Gasteiger partial charge in [0.2, 0.25) is 0 Å². The smallest absolute Gasteiger partial charge is 0.322 e. The number of rotatable bonds is 7. The molecule has 0 aromatic rings. The van der Waals surface area contributed by atoms with E-state index in [2.05, 4.69) is 4.99 Å². The van der Waals surface area contributed by atoms with E-state index in [1.807, 2.05) is 18.2 Å². The van der Waals surface area contributed by atoms with Crippen LogP contribution in [0.4, 0.5) is 0 Å². The second kappa shape index (κ2) is 9.03. The second-order valence-electron chi connectivity index (χ2n) is 4.28. The topological polar surface area (TPSA) is 97.8 Å². The number of aliphatic imine (C=N–C) groups is 1. The number of nitrogens with one attached hydrogen (secondary N) is 1. The molecule has 0 spiro atoms. The van der Waals surface area contributed by atoms with Gasteiger partial charge in [-0.05, 0) is 32.3 Å². The molecule has 0 fully saturated rings. The zero-order valence-electron chi connectivity index (χ0n) is 11.7. The van der Waals surface area contributed by atoms with Crippen LogP contribution in [0, 0.1) is 5.41 Å². The third-order valence-corrected chi connectivity index (χ3v) is 2.72. The number of esters is 1. The van der Waals surface area contributed by atoms with Crippen molar-refractivity contribution in [2.24, 2.45) is 10.7 Å². The minimum absolute atomic E-state index is 0.344. The maximum atomic E-state index is 11.4. The quantitative estimate of drug-likeness (QED) is 0.422. The molecule has 1 aliphatic heterocycles. The summed E-state index contributed by atoms with van der Waals surface area (Å²) < 4.78 is 9.84. The Kier molecular flexibility index (Phi) is 7.27. The predicted octanol–water partition coefficient (Wildman–Crippen LogP) is 1.91. The number of ether oxygens (including phenoxy) is 2. The Morgan fingerprint density at radius 1 is 1.65 bits per heavy atom. The maximum Gasteiger partial charge on any atom is 0.322 e. The van der Waals surface area contributed by atoms with Crippen LogP contribution >= 0.6 is 0 Å². The first-order chi connectivity index (χ1) is 9.67. The molecule has 1 aliphatic rings. The summed E-state index contributed by atoms with van der Waals surface area (Å²) in [5.74, 6) is 0.133. The number of hydrogen-bond acceptors (Lipinski definition) is 6. The highest BCUT2D eigenvalue weighted by Gasteiger charge is 2.14. The first-order valence-corrected chi connectivity index (χ1v) is 6.68. The first-order valence-electron chi connectivity index (χ1n) is 6.68. The molecule has 0 radical (unpaired) electrons. The largest absolute Gasteiger partial charge is 0.465 e. The van der Waals surface area contributed by atoms with Crippen molar-refractivity contribution in [2.75, 3.05) is 6.61 Å². The standard InChI is InChI=1S/C14H21N3O3/c1-2-19-14(18)12(16)8-5-7-11-6-3-4-9-13(17-11)20-10-15/h3-4,6,10,12,15H,2,5,7-9,16H2,1H3. The van der Waals surface area contributed by atoms with Crippen LogP contribution in [-0.4, -0.2) is 30.9 Å². The summed E-state index contributed by atoms with van der Waals surface area (Å²) >= 11 is 0. The Balaban J connectivity index is 2.42. The number of nitrogens with zero attached hydrogens (tertiary/aromatic N) is 1. The van der Waals surface area contributed by atoms with Crippen molar-refractivity contribution in [1.82, 2.24) is 0 Å². The van der Waals surface area contributed by atoms with Gasteiger partial charge in [-0.1, -0.05) is 12.2 Å². The molecule has 1 heterocycles. The van der Waals surface area contributed by atoms with Crippen LogP contribution in [-0.2, 0) is 14.3 Å². The maximum absolute atomic E-state index is 11.4. The molecular formula is C14H21N3O3. The van der Waals surface area contributed by atoms with Gasteiger partial charge in [-0.2, -0.15) is 0 Å². The van der Waals surface area contributed by atoms with Gasteiger partial charge in [0.1, 0.15) is 6.04 Å². The zero-order valence-corrected chi connectivity index (χ0v) is 11.7. The van der Waals surface area contributed by atoms with Gasteiger partial charge in [0.15, 0.2) is 12.3 Å². The van der Waals surface area contributed by atoms with Crippen LogP contribution in [0.25, 0.3) is 0 Å². The van der Waals surface area contributed by atoms with Gasteiger partial charge in [-0.25, -0.2) is 4.99 Å². The number of hydrogen-bond donors (Lipinski definition) is 2. The molecule has 0 aromatic heterocycles. The fourth-order valence-corrected chi connectivity index (χ4v) is 1.74. The van der Waals surface area contributed by atoms with E-state index in [-0.39, 0.29) is 5.97 Å². The van der Waals surface area contributed by atoms with Gasteiger partial charge >= 0.3 is 5.97 Å². The summed E-state index contributed by atoms with van der Waals surface area (Å²) in [6.07, 6.45) is 9.14. The summed E-state index contributed by atoms with van der Waals surface area (Å²) in [6, 6.07) is -0.585. The van der Waals surface area contributed by atoms with Crippen molar-refractivity contribution in [3.8, 4) is 0 Å². The lowest BCUT2D eigenvalue weighted by Crippen LogP contribution is -2.32. The number of carbonyl (C=O) groups excluding carboxylic acids is 1. The average molecular weight is 279 g/mol. The van der Waals surface area contributed by atoms with E-state index >= 15 is 0 Å². The molecule has 0 saturated carbocycles. The van der Waals surface area contributed by atoms with E-state index in [9.17, 15) is 4.79 Å². The lowest BCUT2D eigenvalue weighted by molar-refractivity contribution is -0.144. The minimum Gasteiger partial charge on any atom is -0.465 e. The Bertz CT molecular complexity index is 427. The van der Waals surface area contributed by atoms with Gasteiger partial charge in [-0.15, -0.1) is 0 Å². The summed E-state index contributed by atoms with van der Waals surface area (Å²) in [6.45, 7) is 2.10. The van der Waals surface area contributed by atoms with Crippen molar-refractivity contribution in [1.29, 1.82) is 5.41 Å². The minimum atomic E-state index is -0.585. The van der Waals surface area contributed by atoms with Crippen LogP contribution in [0.1, 0.15) is 32.6 Å². The van der Waals surface area contributed by atoms with Gasteiger partial charge < -0.3 is 15.2 Å². The van der Waals surface area contributed by atoms with Crippen molar-refractivity contribution in [3.63, 3.8) is 0 Å². The highest BCUT2D eigenvalue weighted by molar-refractivity contribution is 5.84. The lowest BCUT2D eigenvalue weighted by atomic mass is 10.1. The van der Waals surface area contributed by atoms with Crippen LogP contribution in [0.2, 0.25) is 0 Å². The summed E-state index contributed by atoms with van der Waals surface area (Å²) in [4.78, 5) is 15.7. The van der Waals surface area contributed by atoms with E-state index < -0.39 is 6.04 Å². The van der Waals surface area contributed by atoms with Crippen LogP contribution < -0.4 is 5.73 Å². The van der Waals surface area contributed by atoms with Gasteiger partial charge in [0.25, 0.3) is 0 Å². The zero-order chi connectivity index (χ0) is 14.8. The summed E-state index contributed by atoms with van der Waals surface area (Å²) in [7, 11) is 0. The van der Waals surface area contributed by atoms with Gasteiger partial charge in [0.05, 0.1) is 6.61 Å². The molecule has 0 bridgehead atoms. The number of carbonyl (C=O) groups is 1. The van der Waals surface area contributed by atoms with Crippen LogP contribution in [0.3, 0.4) is 0 Å². The molecule has 6 heteroatoms. The first kappa shape index (κ1) is 16.1. The molecule has 110 valence electrons. The van der Waals surface area contributed by atoms with E-state index in [1.165, 1.54) is 0 Å². The molecular weight excluding hydrogens is 258 g/mol. The molecule has 1 rings (SSSR count). The van der Waals surface area contributed by atoms with E-state index in [0.29, 0.717) is 31.8 Å². The fraction of sp³-hybridized carbons (Fsp3) is 0.500. The molecule has 6 nitrogen and oxygen atoms in total. The molecule has 0 aromatic carbocycles. The van der Waals surface area contributed by atoms with Crippen molar-refractivity contribution in [3.05, 3.63) is 23.9 Å². The molecule has 0 amide bonds. The third-order valence-electron chi connectivity index (χ3n) is 2.72. The Morgan fingerprint density at radius 3 is 3.15 bits per heavy atom. The SMILES string of the molecule is CCOC(=O)C(N)CCCC1=CC=CCC(OC=N)=N1. The lowest BCUT2D eigenvalue weighted by Gasteiger charge is -2.10. The molecule has 1 atom stereocenters. The van der Waals surface area contributed by atoms with Crippen LogP contribution in [0.5, 0.6) is 0 Å². The van der Waals surface area contributed by atoms with E-state index in [4.69, 9.17) is 20.6 Å². The molecule has 0 saturated heterocycles. The Morgan fingerprint density at radius 2 is 2.45 bits per heavy atom. The second-order valence-corrected chi connectivity index (χ2v) is 4.28. The van der Waals surface area contributed by atoms with Crippen molar-refractivity contribution < 1.29 is 14.3 Å². The average Bonchev–Trinajstić information content (AvgIpc) is 2.65. The molecule has 20 heavy (non-hydrogen) atoms. The highest BCUT2D eigenvalue weighted by atomic mass is 16.5. The summed E-state index contributed by atoms with van der Waals surface area (Å²) in [5, 5.41) is 6.92. The van der Waals surface area contributed by atoms with Crippen LogP contribution in [0.15, 0.2) is 28.9 Å². The normalized spacial score (nSPS) is 15.7. The van der Waals surface area contributed by atoms with E-state index in [0.717, 1.165) is 18.5 Å². The Labute approximate surface area is 118 Å². The van der Waals surface area contributed by atoms with Crippen molar-refractivity contribution in [2.45, 2.75) is 38.6 Å². The molecule has 1 unspecified atom stereocenters. The monoisotopic (exact) mass is 279 g/mol. The molecule has 0 aliphatic carbocycles. The third kappa shape index (κ3) is 5.79. The van der Waals surface area contributed by atoms with Gasteiger partial charge in [0, 0.05) is 12.1 Å². The summed E-state index contributed by atoms with van der Waals surface area (Å²) in [5.41, 5.74) is 6.58. The predicted molar refractivity (Wildman–Crippen MR) is 77.6 cm³/mol. The number of allylic oxidation sites excluding steroid dienone is 3. The van der Waals surface area contributed by atoms with E-state index in [1.54, 1.807) is 6.92 Å². The molecule has 3 N–H and O–H groups in total. The highest BCUT2D eigenvalue weighted by Crippen LogP contribution is 2.14.